The maximum Gasteiger partial charge on any atom is 0.150 e. The lowest BCUT2D eigenvalue weighted by Crippen LogP contribution is -2.31. The van der Waals surface area contributed by atoms with Crippen molar-refractivity contribution in [2.45, 2.75) is 25.5 Å². The summed E-state index contributed by atoms with van der Waals surface area (Å²) in [5, 5.41) is 14.0. The van der Waals surface area contributed by atoms with Crippen molar-refractivity contribution >= 4 is 23.4 Å². The Bertz CT molecular complexity index is 1190. The lowest BCUT2D eigenvalue weighted by molar-refractivity contribution is 0.242. The standard InChI is InChI=1S/C24H19ClFNO2/c1-24(2)10-9-16-19(27-24)7-5-15-17-12-14(26)4-8-21(17)29-23(22(15)16)13-3-6-18(25)20(28)11-13/h3-12,23,27-28H,1-2H3. The Morgan fingerprint density at radius 1 is 1.07 bits per heavy atom. The van der Waals surface area contributed by atoms with E-state index in [0.717, 1.165) is 33.5 Å². The van der Waals surface area contributed by atoms with Gasteiger partial charge in [0.1, 0.15) is 17.3 Å². The van der Waals surface area contributed by atoms with Crippen LogP contribution >= 0.6 is 11.6 Å². The second-order valence-corrected chi connectivity index (χ2v) is 8.42. The average Bonchev–Trinajstić information content (AvgIpc) is 2.68. The van der Waals surface area contributed by atoms with Gasteiger partial charge in [0.25, 0.3) is 0 Å². The Balaban J connectivity index is 1.78. The predicted molar refractivity (Wildman–Crippen MR) is 114 cm³/mol. The van der Waals surface area contributed by atoms with E-state index in [4.69, 9.17) is 16.3 Å². The number of nitrogens with one attached hydrogen (secondary N) is 1. The van der Waals surface area contributed by atoms with E-state index in [0.29, 0.717) is 5.75 Å². The molecule has 0 aromatic heterocycles. The molecule has 0 saturated carbocycles. The molecule has 0 amide bonds. The van der Waals surface area contributed by atoms with Crippen LogP contribution in [0.5, 0.6) is 11.5 Å². The first-order chi connectivity index (χ1) is 13.8. The fourth-order valence-electron chi connectivity index (χ4n) is 4.05. The van der Waals surface area contributed by atoms with E-state index in [-0.39, 0.29) is 22.1 Å². The first-order valence-electron chi connectivity index (χ1n) is 9.42. The molecule has 0 radical (unpaired) electrons. The van der Waals surface area contributed by atoms with Crippen molar-refractivity contribution in [1.29, 1.82) is 0 Å². The molecule has 3 aromatic rings. The zero-order valence-electron chi connectivity index (χ0n) is 16.0. The van der Waals surface area contributed by atoms with Crippen LogP contribution in [0.4, 0.5) is 10.1 Å². The number of anilines is 1. The monoisotopic (exact) mass is 407 g/mol. The summed E-state index contributed by atoms with van der Waals surface area (Å²) < 4.78 is 20.3. The van der Waals surface area contributed by atoms with Gasteiger partial charge < -0.3 is 15.2 Å². The maximum atomic E-state index is 14.0. The van der Waals surface area contributed by atoms with Gasteiger partial charge in [-0.15, -0.1) is 0 Å². The summed E-state index contributed by atoms with van der Waals surface area (Å²) in [7, 11) is 0. The summed E-state index contributed by atoms with van der Waals surface area (Å²) in [6.45, 7) is 4.20. The number of rotatable bonds is 1. The first-order valence-corrected chi connectivity index (χ1v) is 9.79. The zero-order valence-corrected chi connectivity index (χ0v) is 16.7. The number of hydrogen-bond donors (Lipinski definition) is 2. The summed E-state index contributed by atoms with van der Waals surface area (Å²) in [4.78, 5) is 0. The molecule has 0 spiro atoms. The van der Waals surface area contributed by atoms with Crippen LogP contribution < -0.4 is 10.1 Å². The normalized spacial score (nSPS) is 18.1. The number of ether oxygens (including phenoxy) is 1. The zero-order chi connectivity index (χ0) is 20.3. The van der Waals surface area contributed by atoms with Crippen LogP contribution in [0.15, 0.2) is 54.6 Å². The van der Waals surface area contributed by atoms with E-state index >= 15 is 0 Å². The molecule has 1 atom stereocenters. The van der Waals surface area contributed by atoms with Gasteiger partial charge in [-0.2, -0.15) is 0 Å². The quantitative estimate of drug-likeness (QED) is 0.480. The Hall–Kier alpha value is -2.98. The molecule has 2 aliphatic heterocycles. The van der Waals surface area contributed by atoms with Gasteiger partial charge in [-0.25, -0.2) is 4.39 Å². The molecule has 146 valence electrons. The molecule has 1 unspecified atom stereocenters. The van der Waals surface area contributed by atoms with Crippen molar-refractivity contribution in [2.75, 3.05) is 5.32 Å². The number of phenolic OH excluding ortho intramolecular Hbond substituents is 1. The molecule has 2 heterocycles. The third-order valence-electron chi connectivity index (χ3n) is 5.42. The number of phenols is 1. The minimum atomic E-state index is -0.464. The molecule has 0 bridgehead atoms. The molecule has 0 aliphatic carbocycles. The molecule has 0 fully saturated rings. The van der Waals surface area contributed by atoms with E-state index < -0.39 is 6.10 Å². The highest BCUT2D eigenvalue weighted by Gasteiger charge is 2.33. The molecule has 5 rings (SSSR count). The van der Waals surface area contributed by atoms with Crippen molar-refractivity contribution in [2.24, 2.45) is 0 Å². The van der Waals surface area contributed by atoms with Crippen molar-refractivity contribution < 1.29 is 14.2 Å². The highest BCUT2D eigenvalue weighted by Crippen LogP contribution is 2.49. The van der Waals surface area contributed by atoms with Gasteiger partial charge >= 0.3 is 0 Å². The lowest BCUT2D eigenvalue weighted by atomic mass is 9.83. The van der Waals surface area contributed by atoms with E-state index in [2.05, 4.69) is 31.3 Å². The van der Waals surface area contributed by atoms with E-state index in [1.807, 2.05) is 18.2 Å². The minimum absolute atomic E-state index is 0.00109. The number of benzene rings is 3. The number of aromatic hydroxyl groups is 1. The van der Waals surface area contributed by atoms with E-state index in [1.54, 1.807) is 18.2 Å². The smallest absolute Gasteiger partial charge is 0.150 e. The third kappa shape index (κ3) is 2.95. The highest BCUT2D eigenvalue weighted by atomic mass is 35.5. The van der Waals surface area contributed by atoms with Crippen molar-refractivity contribution in [1.82, 2.24) is 0 Å². The van der Waals surface area contributed by atoms with Crippen LogP contribution in [0.25, 0.3) is 17.2 Å². The molecular formula is C24H19ClFNO2. The molecule has 3 nitrogen and oxygen atoms in total. The fraction of sp³-hybridized carbons (Fsp3) is 0.167. The van der Waals surface area contributed by atoms with E-state index in [1.165, 1.54) is 12.1 Å². The number of hydrogen-bond acceptors (Lipinski definition) is 3. The Labute approximate surface area is 173 Å². The van der Waals surface area contributed by atoms with Gasteiger partial charge in [-0.05, 0) is 55.8 Å². The molecule has 29 heavy (non-hydrogen) atoms. The van der Waals surface area contributed by atoms with Crippen molar-refractivity contribution in [3.8, 4) is 22.6 Å². The van der Waals surface area contributed by atoms with Crippen molar-refractivity contribution in [3.05, 3.63) is 82.1 Å². The van der Waals surface area contributed by atoms with Gasteiger partial charge in [0.05, 0.1) is 10.6 Å². The van der Waals surface area contributed by atoms with Crippen LogP contribution in [0.1, 0.15) is 36.6 Å². The van der Waals surface area contributed by atoms with Crippen LogP contribution in [-0.2, 0) is 0 Å². The van der Waals surface area contributed by atoms with Crippen LogP contribution in [0.2, 0.25) is 5.02 Å². The summed E-state index contributed by atoms with van der Waals surface area (Å²) in [5.74, 6) is 0.290. The first kappa shape index (κ1) is 18.1. The van der Waals surface area contributed by atoms with Crippen LogP contribution in [-0.4, -0.2) is 10.6 Å². The summed E-state index contributed by atoms with van der Waals surface area (Å²) in [6, 6.07) is 13.7. The SMILES string of the molecule is CC1(C)C=Cc2c(ccc3c2C(c2ccc(Cl)c(O)c2)Oc2ccc(F)cc2-3)N1. The summed E-state index contributed by atoms with van der Waals surface area (Å²) in [6.07, 6.45) is 3.72. The second-order valence-electron chi connectivity index (χ2n) is 8.02. The predicted octanol–water partition coefficient (Wildman–Crippen LogP) is 6.55. The summed E-state index contributed by atoms with van der Waals surface area (Å²) >= 11 is 6.01. The third-order valence-corrected chi connectivity index (χ3v) is 5.74. The largest absolute Gasteiger partial charge is 0.506 e. The van der Waals surface area contributed by atoms with Gasteiger partial charge in [-0.3, -0.25) is 0 Å². The average molecular weight is 408 g/mol. The Kier molecular flexibility index (Phi) is 3.90. The second kappa shape index (κ2) is 6.26. The van der Waals surface area contributed by atoms with Gasteiger partial charge in [0.2, 0.25) is 0 Å². The topological polar surface area (TPSA) is 41.5 Å². The molecule has 3 aromatic carbocycles. The number of fused-ring (bicyclic) bond motifs is 5. The lowest BCUT2D eigenvalue weighted by Gasteiger charge is -2.35. The highest BCUT2D eigenvalue weighted by molar-refractivity contribution is 6.32. The van der Waals surface area contributed by atoms with Crippen molar-refractivity contribution in [3.63, 3.8) is 0 Å². The number of halogens is 2. The molecule has 2 N–H and O–H groups in total. The van der Waals surface area contributed by atoms with Gasteiger partial charge in [0, 0.05) is 27.9 Å². The maximum absolute atomic E-state index is 14.0. The molecular weight excluding hydrogens is 389 g/mol. The van der Waals surface area contributed by atoms with Gasteiger partial charge in [-0.1, -0.05) is 35.9 Å². The van der Waals surface area contributed by atoms with Crippen LogP contribution in [0, 0.1) is 5.82 Å². The van der Waals surface area contributed by atoms with E-state index in [9.17, 15) is 9.50 Å². The summed E-state index contributed by atoms with van der Waals surface area (Å²) in [5.41, 5.74) is 5.15. The Morgan fingerprint density at radius 3 is 2.69 bits per heavy atom. The Morgan fingerprint density at radius 2 is 1.90 bits per heavy atom. The molecule has 0 saturated heterocycles. The molecule has 5 heteroatoms. The van der Waals surface area contributed by atoms with Crippen LogP contribution in [0.3, 0.4) is 0 Å². The minimum Gasteiger partial charge on any atom is -0.506 e. The molecule has 2 aliphatic rings. The van der Waals surface area contributed by atoms with Gasteiger partial charge in [0.15, 0.2) is 6.10 Å². The fourth-order valence-corrected chi connectivity index (χ4v) is 4.17.